The second-order valence-electron chi connectivity index (χ2n) is 3.02. The monoisotopic (exact) mass is 283 g/mol. The minimum atomic E-state index is -0.570. The smallest absolute Gasteiger partial charge is 0.323 e. The molecule has 0 fully saturated rings. The lowest BCUT2D eigenvalue weighted by Gasteiger charge is -2.03. The molecule has 0 spiro atoms. The van der Waals surface area contributed by atoms with Crippen molar-refractivity contribution in [3.63, 3.8) is 0 Å². The number of pyridine rings is 1. The van der Waals surface area contributed by atoms with E-state index in [0.29, 0.717) is 4.47 Å². The van der Waals surface area contributed by atoms with Crippen LogP contribution in [-0.4, -0.2) is 15.0 Å². The van der Waals surface area contributed by atoms with E-state index in [-0.39, 0.29) is 11.9 Å². The molecule has 0 aliphatic rings. The standard InChI is InChI=1S/C10H7BrFN3O/c1-6-2-3-13-10(15-6)16-9-8(12)4-7(11)5-14-9/h2-5H,1H3. The van der Waals surface area contributed by atoms with E-state index in [9.17, 15) is 4.39 Å². The second-order valence-corrected chi connectivity index (χ2v) is 3.94. The molecule has 0 saturated heterocycles. The summed E-state index contributed by atoms with van der Waals surface area (Å²) in [6.07, 6.45) is 2.97. The van der Waals surface area contributed by atoms with Gasteiger partial charge < -0.3 is 4.74 Å². The molecule has 2 aromatic rings. The first-order valence-corrected chi connectivity index (χ1v) is 5.23. The van der Waals surface area contributed by atoms with Crippen molar-refractivity contribution >= 4 is 15.9 Å². The highest BCUT2D eigenvalue weighted by Crippen LogP contribution is 2.21. The predicted octanol–water partition coefficient (Wildman–Crippen LogP) is 2.87. The molecule has 2 rings (SSSR count). The van der Waals surface area contributed by atoms with Crippen LogP contribution in [-0.2, 0) is 0 Å². The highest BCUT2D eigenvalue weighted by Gasteiger charge is 2.08. The zero-order valence-electron chi connectivity index (χ0n) is 8.32. The van der Waals surface area contributed by atoms with Crippen LogP contribution in [0.2, 0.25) is 0 Å². The number of rotatable bonds is 2. The summed E-state index contributed by atoms with van der Waals surface area (Å²) >= 11 is 3.10. The Labute approximate surface area is 99.7 Å². The molecular formula is C10H7BrFN3O. The first-order chi connectivity index (χ1) is 7.65. The van der Waals surface area contributed by atoms with Gasteiger partial charge in [0.05, 0.1) is 0 Å². The van der Waals surface area contributed by atoms with Gasteiger partial charge >= 0.3 is 6.01 Å². The molecule has 0 aliphatic carbocycles. The molecule has 2 heterocycles. The van der Waals surface area contributed by atoms with Crippen molar-refractivity contribution in [1.29, 1.82) is 0 Å². The highest BCUT2D eigenvalue weighted by atomic mass is 79.9. The summed E-state index contributed by atoms with van der Waals surface area (Å²) in [5, 5.41) is 0. The van der Waals surface area contributed by atoms with E-state index >= 15 is 0 Å². The fraction of sp³-hybridized carbons (Fsp3) is 0.100. The molecule has 2 aromatic heterocycles. The van der Waals surface area contributed by atoms with Crippen molar-refractivity contribution in [1.82, 2.24) is 15.0 Å². The Bertz CT molecular complexity index is 521. The molecule has 16 heavy (non-hydrogen) atoms. The maximum absolute atomic E-state index is 13.4. The SMILES string of the molecule is Cc1ccnc(Oc2ncc(Br)cc2F)n1. The Kier molecular flexibility index (Phi) is 3.09. The van der Waals surface area contributed by atoms with Gasteiger partial charge in [-0.3, -0.25) is 0 Å². The van der Waals surface area contributed by atoms with Crippen LogP contribution in [0.1, 0.15) is 5.69 Å². The van der Waals surface area contributed by atoms with Gasteiger partial charge in [0, 0.05) is 22.6 Å². The predicted molar refractivity (Wildman–Crippen MR) is 58.7 cm³/mol. The van der Waals surface area contributed by atoms with E-state index in [1.54, 1.807) is 13.0 Å². The largest absolute Gasteiger partial charge is 0.402 e. The molecular weight excluding hydrogens is 277 g/mol. The van der Waals surface area contributed by atoms with Crippen molar-refractivity contribution in [2.75, 3.05) is 0 Å². The molecule has 6 heteroatoms. The number of hydrogen-bond donors (Lipinski definition) is 0. The van der Waals surface area contributed by atoms with E-state index in [2.05, 4.69) is 30.9 Å². The Balaban J connectivity index is 2.27. The Morgan fingerprint density at radius 2 is 2.19 bits per heavy atom. The van der Waals surface area contributed by atoms with Gasteiger partial charge in [0.25, 0.3) is 5.88 Å². The van der Waals surface area contributed by atoms with Crippen LogP contribution in [0.3, 0.4) is 0 Å². The summed E-state index contributed by atoms with van der Waals surface area (Å²) in [7, 11) is 0. The van der Waals surface area contributed by atoms with E-state index in [4.69, 9.17) is 4.74 Å². The topological polar surface area (TPSA) is 47.9 Å². The Morgan fingerprint density at radius 1 is 1.38 bits per heavy atom. The maximum atomic E-state index is 13.4. The molecule has 0 amide bonds. The van der Waals surface area contributed by atoms with Crippen molar-refractivity contribution in [2.24, 2.45) is 0 Å². The van der Waals surface area contributed by atoms with Crippen molar-refractivity contribution in [2.45, 2.75) is 6.92 Å². The zero-order chi connectivity index (χ0) is 11.5. The van der Waals surface area contributed by atoms with Gasteiger partial charge in [0.1, 0.15) is 0 Å². The summed E-state index contributed by atoms with van der Waals surface area (Å²) in [5.74, 6) is -0.715. The quantitative estimate of drug-likeness (QED) is 0.850. The van der Waals surface area contributed by atoms with E-state index < -0.39 is 5.82 Å². The van der Waals surface area contributed by atoms with Gasteiger partial charge in [-0.1, -0.05) is 0 Å². The fourth-order valence-corrected chi connectivity index (χ4v) is 1.34. The van der Waals surface area contributed by atoms with Gasteiger partial charge in [-0.25, -0.2) is 19.3 Å². The lowest BCUT2D eigenvalue weighted by atomic mass is 10.4. The van der Waals surface area contributed by atoms with Gasteiger partial charge in [0.15, 0.2) is 5.82 Å². The van der Waals surface area contributed by atoms with E-state index in [0.717, 1.165) is 5.69 Å². The van der Waals surface area contributed by atoms with Crippen molar-refractivity contribution < 1.29 is 9.13 Å². The maximum Gasteiger partial charge on any atom is 0.323 e. The third-order valence-corrected chi connectivity index (χ3v) is 2.17. The van der Waals surface area contributed by atoms with Gasteiger partial charge in [-0.15, -0.1) is 0 Å². The number of aryl methyl sites for hydroxylation is 1. The number of hydrogen-bond acceptors (Lipinski definition) is 4. The molecule has 0 bridgehead atoms. The first-order valence-electron chi connectivity index (χ1n) is 4.44. The molecule has 0 N–H and O–H groups in total. The summed E-state index contributed by atoms with van der Waals surface area (Å²) in [5.41, 5.74) is 0.738. The van der Waals surface area contributed by atoms with Crippen LogP contribution in [0.4, 0.5) is 4.39 Å². The average Bonchev–Trinajstić information content (AvgIpc) is 2.22. The van der Waals surface area contributed by atoms with Gasteiger partial charge in [0.2, 0.25) is 0 Å². The van der Waals surface area contributed by atoms with Crippen LogP contribution in [0, 0.1) is 12.7 Å². The average molecular weight is 284 g/mol. The summed E-state index contributed by atoms with van der Waals surface area (Å²) in [6, 6.07) is 3.06. The van der Waals surface area contributed by atoms with Gasteiger partial charge in [-0.2, -0.15) is 0 Å². The number of ether oxygens (including phenoxy) is 1. The molecule has 0 aromatic carbocycles. The minimum Gasteiger partial charge on any atom is -0.402 e. The van der Waals surface area contributed by atoms with Crippen LogP contribution >= 0.6 is 15.9 Å². The fourth-order valence-electron chi connectivity index (χ4n) is 1.04. The third-order valence-electron chi connectivity index (χ3n) is 1.73. The van der Waals surface area contributed by atoms with Crippen LogP contribution < -0.4 is 4.74 Å². The lowest BCUT2D eigenvalue weighted by Crippen LogP contribution is -1.96. The zero-order valence-corrected chi connectivity index (χ0v) is 9.90. The van der Waals surface area contributed by atoms with E-state index in [1.165, 1.54) is 18.5 Å². The number of aromatic nitrogens is 3. The summed E-state index contributed by atoms with van der Waals surface area (Å²) < 4.78 is 19.0. The molecule has 0 unspecified atom stereocenters. The lowest BCUT2D eigenvalue weighted by molar-refractivity contribution is 0.392. The van der Waals surface area contributed by atoms with Crippen LogP contribution in [0.15, 0.2) is 29.0 Å². The molecule has 0 aliphatic heterocycles. The van der Waals surface area contributed by atoms with Crippen molar-refractivity contribution in [3.05, 3.63) is 40.5 Å². The normalized spacial score (nSPS) is 10.2. The number of halogens is 2. The van der Waals surface area contributed by atoms with Crippen LogP contribution in [0.5, 0.6) is 11.9 Å². The molecule has 0 atom stereocenters. The Hall–Kier alpha value is -1.56. The highest BCUT2D eigenvalue weighted by molar-refractivity contribution is 9.10. The second kappa shape index (κ2) is 4.52. The third kappa shape index (κ3) is 2.52. The summed E-state index contributed by atoms with van der Waals surface area (Å²) in [4.78, 5) is 11.6. The molecule has 82 valence electrons. The minimum absolute atomic E-state index is 0.0775. The van der Waals surface area contributed by atoms with Crippen molar-refractivity contribution in [3.8, 4) is 11.9 Å². The summed E-state index contributed by atoms with van der Waals surface area (Å²) in [6.45, 7) is 1.79. The molecule has 0 radical (unpaired) electrons. The van der Waals surface area contributed by atoms with Crippen LogP contribution in [0.25, 0.3) is 0 Å². The molecule has 0 saturated carbocycles. The Morgan fingerprint density at radius 3 is 2.88 bits per heavy atom. The molecule has 4 nitrogen and oxygen atoms in total. The number of nitrogens with zero attached hydrogens (tertiary/aromatic N) is 3. The first kappa shape index (κ1) is 10.9. The van der Waals surface area contributed by atoms with E-state index in [1.807, 2.05) is 0 Å². The van der Waals surface area contributed by atoms with Gasteiger partial charge in [-0.05, 0) is 35.0 Å².